The van der Waals surface area contributed by atoms with Crippen LogP contribution in [0, 0.1) is 6.92 Å². The van der Waals surface area contributed by atoms with E-state index in [4.69, 9.17) is 0 Å². The summed E-state index contributed by atoms with van der Waals surface area (Å²) < 4.78 is 0. The quantitative estimate of drug-likeness (QED) is 0.911. The van der Waals surface area contributed by atoms with Crippen molar-refractivity contribution < 1.29 is 9.59 Å². The van der Waals surface area contributed by atoms with Gasteiger partial charge in [0.25, 0.3) is 0 Å². The Kier molecular flexibility index (Phi) is 4.74. The minimum absolute atomic E-state index is 0.181. The highest BCUT2D eigenvalue weighted by atomic mass is 16.2. The van der Waals surface area contributed by atoms with E-state index in [9.17, 15) is 9.59 Å². The molecule has 1 aromatic carbocycles. The number of aryl methyl sites for hydroxylation is 1. The van der Waals surface area contributed by atoms with Crippen molar-refractivity contribution in [2.24, 2.45) is 0 Å². The number of anilines is 2. The number of urea groups is 1. The van der Waals surface area contributed by atoms with E-state index in [2.05, 4.69) is 15.6 Å². The summed E-state index contributed by atoms with van der Waals surface area (Å²) in [7, 11) is 0. The Hall–Kier alpha value is -2.89. The van der Waals surface area contributed by atoms with Crippen molar-refractivity contribution in [3.05, 3.63) is 54.4 Å². The Labute approximate surface area is 140 Å². The molecule has 2 heterocycles. The zero-order valence-electron chi connectivity index (χ0n) is 13.5. The Bertz CT molecular complexity index is 716. The van der Waals surface area contributed by atoms with Gasteiger partial charge in [-0.25, -0.2) is 4.79 Å². The molecule has 1 aromatic heterocycles. The molecule has 1 aliphatic rings. The lowest BCUT2D eigenvalue weighted by molar-refractivity contribution is -0.119. The first-order valence-electron chi connectivity index (χ1n) is 7.98. The third-order valence-corrected chi connectivity index (χ3v) is 4.05. The Morgan fingerprint density at radius 3 is 2.62 bits per heavy atom. The number of amides is 3. The van der Waals surface area contributed by atoms with Gasteiger partial charge < -0.3 is 15.5 Å². The number of likely N-dealkylation sites (tertiary alicyclic amines) is 1. The number of aromatic nitrogens is 1. The molecule has 24 heavy (non-hydrogen) atoms. The van der Waals surface area contributed by atoms with E-state index in [1.54, 1.807) is 29.4 Å². The lowest BCUT2D eigenvalue weighted by atomic mass is 10.2. The standard InChI is InChI=1S/C18H20N4O2/c1-13-6-8-14(9-7-13)21-18(24)22-11-3-5-16(22)17(23)20-15-4-2-10-19-12-15/h2,4,6-10,12,16H,3,5,11H2,1H3,(H,20,23)(H,21,24). The van der Waals surface area contributed by atoms with E-state index < -0.39 is 6.04 Å². The molecule has 0 aliphatic carbocycles. The molecule has 3 amide bonds. The Morgan fingerprint density at radius 1 is 1.12 bits per heavy atom. The van der Waals surface area contributed by atoms with E-state index in [0.29, 0.717) is 18.7 Å². The van der Waals surface area contributed by atoms with Gasteiger partial charge in [-0.2, -0.15) is 0 Å². The van der Waals surface area contributed by atoms with Crippen molar-refractivity contribution in [2.75, 3.05) is 17.2 Å². The third kappa shape index (κ3) is 3.71. The first-order valence-corrected chi connectivity index (χ1v) is 7.98. The summed E-state index contributed by atoms with van der Waals surface area (Å²) in [6.45, 7) is 2.56. The van der Waals surface area contributed by atoms with Crippen molar-refractivity contribution in [2.45, 2.75) is 25.8 Å². The summed E-state index contributed by atoms with van der Waals surface area (Å²) in [5.41, 5.74) is 2.49. The van der Waals surface area contributed by atoms with Gasteiger partial charge in [0.1, 0.15) is 6.04 Å². The zero-order valence-corrected chi connectivity index (χ0v) is 13.5. The molecule has 0 radical (unpaired) electrons. The molecule has 1 atom stereocenters. The summed E-state index contributed by atoms with van der Waals surface area (Å²) in [4.78, 5) is 30.5. The van der Waals surface area contributed by atoms with Crippen molar-refractivity contribution >= 4 is 23.3 Å². The van der Waals surface area contributed by atoms with Crippen LogP contribution in [0.1, 0.15) is 18.4 Å². The number of pyridine rings is 1. The molecule has 6 heteroatoms. The molecule has 2 aromatic rings. The molecule has 2 N–H and O–H groups in total. The van der Waals surface area contributed by atoms with Gasteiger partial charge in [-0.1, -0.05) is 17.7 Å². The topological polar surface area (TPSA) is 74.3 Å². The second-order valence-electron chi connectivity index (χ2n) is 5.88. The number of carbonyl (C=O) groups is 2. The maximum absolute atomic E-state index is 12.5. The molecule has 124 valence electrons. The van der Waals surface area contributed by atoms with E-state index in [0.717, 1.165) is 17.7 Å². The van der Waals surface area contributed by atoms with E-state index in [1.165, 1.54) is 0 Å². The summed E-state index contributed by atoms with van der Waals surface area (Å²) in [6.07, 6.45) is 4.70. The number of hydrogen-bond donors (Lipinski definition) is 2. The second-order valence-corrected chi connectivity index (χ2v) is 5.88. The molecule has 0 bridgehead atoms. The summed E-state index contributed by atoms with van der Waals surface area (Å²) in [5.74, 6) is -0.181. The summed E-state index contributed by atoms with van der Waals surface area (Å²) in [5, 5.41) is 5.67. The van der Waals surface area contributed by atoms with Crippen molar-refractivity contribution in [3.63, 3.8) is 0 Å². The average molecular weight is 324 g/mol. The van der Waals surface area contributed by atoms with Gasteiger partial charge in [-0.05, 0) is 44.0 Å². The smallest absolute Gasteiger partial charge is 0.322 e. The molecule has 0 saturated carbocycles. The van der Waals surface area contributed by atoms with Crippen LogP contribution < -0.4 is 10.6 Å². The highest BCUT2D eigenvalue weighted by molar-refractivity contribution is 5.99. The molecule has 6 nitrogen and oxygen atoms in total. The van der Waals surface area contributed by atoms with Gasteiger partial charge >= 0.3 is 6.03 Å². The van der Waals surface area contributed by atoms with Crippen molar-refractivity contribution in [1.29, 1.82) is 0 Å². The lowest BCUT2D eigenvalue weighted by Crippen LogP contribution is -2.45. The summed E-state index contributed by atoms with van der Waals surface area (Å²) in [6, 6.07) is 10.4. The molecule has 1 saturated heterocycles. The van der Waals surface area contributed by atoms with Crippen LogP contribution in [0.2, 0.25) is 0 Å². The number of carbonyl (C=O) groups excluding carboxylic acids is 2. The SMILES string of the molecule is Cc1ccc(NC(=O)N2CCCC2C(=O)Nc2cccnc2)cc1. The predicted octanol–water partition coefficient (Wildman–Crippen LogP) is 3.03. The van der Waals surface area contributed by atoms with Gasteiger partial charge in [0.2, 0.25) is 5.91 Å². The molecule has 0 spiro atoms. The third-order valence-electron chi connectivity index (χ3n) is 4.05. The van der Waals surface area contributed by atoms with E-state index >= 15 is 0 Å². The van der Waals surface area contributed by atoms with Crippen LogP contribution in [0.4, 0.5) is 16.2 Å². The van der Waals surface area contributed by atoms with Gasteiger partial charge in [-0.15, -0.1) is 0 Å². The van der Waals surface area contributed by atoms with Gasteiger partial charge in [0.05, 0.1) is 11.9 Å². The number of hydrogen-bond acceptors (Lipinski definition) is 3. The van der Waals surface area contributed by atoms with Crippen LogP contribution in [0.3, 0.4) is 0 Å². The van der Waals surface area contributed by atoms with E-state index in [-0.39, 0.29) is 11.9 Å². The van der Waals surface area contributed by atoms with Crippen molar-refractivity contribution in [1.82, 2.24) is 9.88 Å². The number of benzene rings is 1. The normalized spacial score (nSPS) is 16.7. The molecule has 1 fully saturated rings. The van der Waals surface area contributed by atoms with Gasteiger partial charge in [0.15, 0.2) is 0 Å². The number of rotatable bonds is 3. The van der Waals surface area contributed by atoms with Crippen LogP contribution in [-0.2, 0) is 4.79 Å². The summed E-state index contributed by atoms with van der Waals surface area (Å²) >= 11 is 0. The monoisotopic (exact) mass is 324 g/mol. The first-order chi connectivity index (χ1) is 11.6. The number of nitrogens with one attached hydrogen (secondary N) is 2. The van der Waals surface area contributed by atoms with Crippen molar-refractivity contribution in [3.8, 4) is 0 Å². The maximum atomic E-state index is 12.5. The Balaban J connectivity index is 1.65. The molecule has 1 unspecified atom stereocenters. The fourth-order valence-corrected chi connectivity index (χ4v) is 2.78. The van der Waals surface area contributed by atoms with Gasteiger partial charge in [0, 0.05) is 18.4 Å². The minimum Gasteiger partial charge on any atom is -0.323 e. The largest absolute Gasteiger partial charge is 0.323 e. The minimum atomic E-state index is -0.462. The van der Waals surface area contributed by atoms with Gasteiger partial charge in [-0.3, -0.25) is 9.78 Å². The predicted molar refractivity (Wildman–Crippen MR) is 92.8 cm³/mol. The fourth-order valence-electron chi connectivity index (χ4n) is 2.78. The highest BCUT2D eigenvalue weighted by Crippen LogP contribution is 2.20. The lowest BCUT2D eigenvalue weighted by Gasteiger charge is -2.24. The first kappa shape index (κ1) is 16.0. The Morgan fingerprint density at radius 2 is 1.92 bits per heavy atom. The maximum Gasteiger partial charge on any atom is 0.322 e. The molecule has 3 rings (SSSR count). The van der Waals surface area contributed by atoms with Crippen LogP contribution in [0.25, 0.3) is 0 Å². The molecule has 1 aliphatic heterocycles. The van der Waals surface area contributed by atoms with Crippen LogP contribution in [0.5, 0.6) is 0 Å². The van der Waals surface area contributed by atoms with Crippen LogP contribution in [0.15, 0.2) is 48.8 Å². The molecular weight excluding hydrogens is 304 g/mol. The average Bonchev–Trinajstić information content (AvgIpc) is 3.08. The van der Waals surface area contributed by atoms with Crippen LogP contribution >= 0.6 is 0 Å². The number of nitrogens with zero attached hydrogens (tertiary/aromatic N) is 2. The fraction of sp³-hybridized carbons (Fsp3) is 0.278. The zero-order chi connectivity index (χ0) is 16.9. The van der Waals surface area contributed by atoms with E-state index in [1.807, 2.05) is 31.2 Å². The van der Waals surface area contributed by atoms with Crippen LogP contribution in [-0.4, -0.2) is 34.4 Å². The second kappa shape index (κ2) is 7.12. The molecular formula is C18H20N4O2. The highest BCUT2D eigenvalue weighted by Gasteiger charge is 2.34.